The molecule has 0 aromatic heterocycles. The van der Waals surface area contributed by atoms with Gasteiger partial charge in [0, 0.05) is 0 Å². The summed E-state index contributed by atoms with van der Waals surface area (Å²) in [5.74, 6) is -0.744. The van der Waals surface area contributed by atoms with Gasteiger partial charge in [0.25, 0.3) is 5.91 Å². The van der Waals surface area contributed by atoms with Crippen LogP contribution in [0.1, 0.15) is 25.8 Å². The number of nitriles is 2. The van der Waals surface area contributed by atoms with Crippen molar-refractivity contribution < 1.29 is 14.2 Å². The van der Waals surface area contributed by atoms with Crippen LogP contribution in [0.15, 0.2) is 29.3 Å². The van der Waals surface area contributed by atoms with Gasteiger partial charge < -0.3 is 19.9 Å². The molecule has 1 saturated carbocycles. The van der Waals surface area contributed by atoms with Gasteiger partial charge in [0.05, 0.1) is 37.4 Å². The second kappa shape index (κ2) is 4.97. The largest absolute Gasteiger partial charge is 0.497 e. The number of nitrogens with zero attached hydrogens (tertiary/aromatic N) is 3. The molecule has 4 rings (SSSR count). The number of fused-ring (bicyclic) bond motifs is 2. The first-order valence-electron chi connectivity index (χ1n) is 8.60. The Hall–Kier alpha value is -2.61. The molecule has 1 aliphatic carbocycles. The van der Waals surface area contributed by atoms with E-state index in [1.807, 2.05) is 38.1 Å². The minimum Gasteiger partial charge on any atom is -0.497 e. The summed E-state index contributed by atoms with van der Waals surface area (Å²) in [5.41, 5.74) is 3.60. The zero-order valence-corrected chi connectivity index (χ0v) is 14.9. The summed E-state index contributed by atoms with van der Waals surface area (Å²) in [6, 6.07) is 12.1. The van der Waals surface area contributed by atoms with Crippen LogP contribution in [0.4, 0.5) is 0 Å². The van der Waals surface area contributed by atoms with Crippen molar-refractivity contribution in [1.82, 2.24) is 0 Å². The van der Waals surface area contributed by atoms with Crippen molar-refractivity contribution in [2.75, 3.05) is 13.7 Å². The lowest BCUT2D eigenvalue weighted by molar-refractivity contribution is -0.197. The molecular weight excluding hydrogens is 332 g/mol. The molecule has 7 nitrogen and oxygen atoms in total. The van der Waals surface area contributed by atoms with Crippen LogP contribution in [0.2, 0.25) is 0 Å². The highest BCUT2D eigenvalue weighted by molar-refractivity contribution is 6.02. The molecule has 1 spiro atoms. The van der Waals surface area contributed by atoms with Gasteiger partial charge in [-0.15, -0.1) is 0 Å². The summed E-state index contributed by atoms with van der Waals surface area (Å²) < 4.78 is 17.1. The Morgan fingerprint density at radius 3 is 2.46 bits per heavy atom. The molecule has 0 radical (unpaired) electrons. The number of hydrogen-bond acceptors (Lipinski definition) is 7. The standard InChI is InChI=1S/C19H20N4O3/c1-4-16(13-5-7-14(24-3)8-6-13)17(10-20)15(22)23-19(18(16,17)11-21)25-9-12(2)26-19/h5-8,12H,4,9H2,1-3H3,(H2,22,23)/t12-,16-,17-,18+,19+/m0/s1. The molecular formula is C19H20N4O3. The third kappa shape index (κ3) is 1.38. The van der Waals surface area contributed by atoms with Gasteiger partial charge >= 0.3 is 0 Å². The topological polar surface area (TPSA) is 114 Å². The van der Waals surface area contributed by atoms with E-state index in [0.717, 1.165) is 5.56 Å². The van der Waals surface area contributed by atoms with Crippen molar-refractivity contribution in [2.24, 2.45) is 21.6 Å². The van der Waals surface area contributed by atoms with Crippen molar-refractivity contribution >= 4 is 5.84 Å². The molecule has 2 aliphatic heterocycles. The monoisotopic (exact) mass is 352 g/mol. The third-order valence-corrected chi connectivity index (χ3v) is 6.23. The van der Waals surface area contributed by atoms with E-state index in [-0.39, 0.29) is 11.9 Å². The molecule has 2 heterocycles. The molecule has 5 atom stereocenters. The Morgan fingerprint density at radius 1 is 1.31 bits per heavy atom. The Bertz CT molecular complexity index is 886. The maximum Gasteiger partial charge on any atom is 0.294 e. The zero-order valence-electron chi connectivity index (χ0n) is 14.9. The van der Waals surface area contributed by atoms with E-state index in [0.29, 0.717) is 18.8 Å². The maximum absolute atomic E-state index is 10.3. The Morgan fingerprint density at radius 2 is 2.00 bits per heavy atom. The highest BCUT2D eigenvalue weighted by atomic mass is 16.8. The Kier molecular flexibility index (Phi) is 3.22. The molecule has 0 amide bonds. The van der Waals surface area contributed by atoms with Crippen LogP contribution in [-0.4, -0.2) is 31.6 Å². The lowest BCUT2D eigenvalue weighted by Crippen LogP contribution is -2.43. The Balaban J connectivity index is 1.98. The summed E-state index contributed by atoms with van der Waals surface area (Å²) in [7, 11) is 1.59. The molecule has 134 valence electrons. The van der Waals surface area contributed by atoms with E-state index in [1.165, 1.54) is 0 Å². The molecule has 3 aliphatic rings. The summed E-state index contributed by atoms with van der Waals surface area (Å²) in [6.07, 6.45) is 0.275. The predicted octanol–water partition coefficient (Wildman–Crippen LogP) is 1.84. The summed E-state index contributed by atoms with van der Waals surface area (Å²) in [6.45, 7) is 4.09. The van der Waals surface area contributed by atoms with Crippen molar-refractivity contribution in [1.29, 1.82) is 10.5 Å². The van der Waals surface area contributed by atoms with E-state index in [2.05, 4.69) is 17.1 Å². The van der Waals surface area contributed by atoms with Crippen LogP contribution in [0, 0.1) is 33.5 Å². The van der Waals surface area contributed by atoms with Gasteiger partial charge in [-0.25, -0.2) is 4.99 Å². The number of methoxy groups -OCH3 is 1. The fourth-order valence-electron chi connectivity index (χ4n) is 5.23. The summed E-state index contributed by atoms with van der Waals surface area (Å²) in [4.78, 5) is 4.37. The molecule has 7 heteroatoms. The van der Waals surface area contributed by atoms with Gasteiger partial charge in [-0.3, -0.25) is 0 Å². The molecule has 1 aromatic rings. The second-order valence-electron chi connectivity index (χ2n) is 7.03. The van der Waals surface area contributed by atoms with Crippen LogP contribution in [0.3, 0.4) is 0 Å². The first kappa shape index (κ1) is 16.8. The number of nitrogens with two attached hydrogens (primary N) is 1. The molecule has 0 unspecified atom stereocenters. The van der Waals surface area contributed by atoms with Crippen LogP contribution in [-0.2, 0) is 14.9 Å². The van der Waals surface area contributed by atoms with Crippen molar-refractivity contribution in [2.45, 2.75) is 37.7 Å². The molecule has 2 fully saturated rings. The van der Waals surface area contributed by atoms with Crippen LogP contribution in [0.25, 0.3) is 0 Å². The lowest BCUT2D eigenvalue weighted by Gasteiger charge is -2.31. The second-order valence-corrected chi connectivity index (χ2v) is 7.03. The van der Waals surface area contributed by atoms with Gasteiger partial charge in [0.2, 0.25) is 0 Å². The molecule has 26 heavy (non-hydrogen) atoms. The van der Waals surface area contributed by atoms with E-state index in [4.69, 9.17) is 19.9 Å². The highest BCUT2D eigenvalue weighted by Crippen LogP contribution is 2.86. The number of ether oxygens (including phenoxy) is 3. The fraction of sp³-hybridized carbons (Fsp3) is 0.526. The number of benzene rings is 1. The van der Waals surface area contributed by atoms with E-state index < -0.39 is 22.2 Å². The van der Waals surface area contributed by atoms with Crippen LogP contribution < -0.4 is 10.5 Å². The summed E-state index contributed by atoms with van der Waals surface area (Å²) >= 11 is 0. The number of aliphatic imine (C=N–C) groups is 1. The number of hydrogen-bond donors (Lipinski definition) is 1. The quantitative estimate of drug-likeness (QED) is 0.888. The van der Waals surface area contributed by atoms with Crippen LogP contribution >= 0.6 is 0 Å². The minimum absolute atomic E-state index is 0.105. The average Bonchev–Trinajstić information content (AvgIpc) is 2.92. The first-order valence-corrected chi connectivity index (χ1v) is 8.60. The average molecular weight is 352 g/mol. The Labute approximate surface area is 152 Å². The van der Waals surface area contributed by atoms with E-state index >= 15 is 0 Å². The fourth-order valence-corrected chi connectivity index (χ4v) is 5.23. The number of amidine groups is 1. The smallest absolute Gasteiger partial charge is 0.294 e. The van der Waals surface area contributed by atoms with Gasteiger partial charge in [0.15, 0.2) is 10.8 Å². The zero-order chi connectivity index (χ0) is 18.8. The number of rotatable bonds is 3. The molecule has 0 bridgehead atoms. The molecule has 1 aromatic carbocycles. The van der Waals surface area contributed by atoms with Gasteiger partial charge in [-0.2, -0.15) is 10.5 Å². The maximum atomic E-state index is 10.3. The SMILES string of the molecule is CC[C@]1(c2ccc(OC)cc2)[C@]2(C#N)C(N)=N[C@@]3(OC[C@H](C)O3)[C@@]21C#N. The van der Waals surface area contributed by atoms with E-state index in [1.54, 1.807) is 7.11 Å². The van der Waals surface area contributed by atoms with E-state index in [9.17, 15) is 10.5 Å². The van der Waals surface area contributed by atoms with Crippen LogP contribution in [0.5, 0.6) is 5.75 Å². The van der Waals surface area contributed by atoms with Crippen molar-refractivity contribution in [3.63, 3.8) is 0 Å². The molecule has 2 N–H and O–H groups in total. The van der Waals surface area contributed by atoms with Crippen molar-refractivity contribution in [3.05, 3.63) is 29.8 Å². The van der Waals surface area contributed by atoms with Crippen molar-refractivity contribution in [3.8, 4) is 17.9 Å². The first-order chi connectivity index (χ1) is 12.4. The minimum atomic E-state index is -1.54. The third-order valence-electron chi connectivity index (χ3n) is 6.23. The van der Waals surface area contributed by atoms with Gasteiger partial charge in [-0.05, 0) is 31.0 Å². The molecule has 1 saturated heterocycles. The summed E-state index contributed by atoms with van der Waals surface area (Å²) in [5, 5.41) is 20.5. The highest BCUT2D eigenvalue weighted by Gasteiger charge is 3.01. The van der Waals surface area contributed by atoms with Gasteiger partial charge in [0.1, 0.15) is 11.6 Å². The predicted molar refractivity (Wildman–Crippen MR) is 91.9 cm³/mol. The lowest BCUT2D eigenvalue weighted by atomic mass is 9.80. The normalized spacial score (nSPS) is 42.7. The van der Waals surface area contributed by atoms with Gasteiger partial charge in [-0.1, -0.05) is 19.1 Å².